The third-order valence-electron chi connectivity index (χ3n) is 5.99. The van der Waals surface area contributed by atoms with Crippen LogP contribution in [0.15, 0.2) is 24.3 Å². The third kappa shape index (κ3) is 3.01. The van der Waals surface area contributed by atoms with Crippen molar-refractivity contribution in [3.8, 4) is 5.75 Å². The number of aryl methyl sites for hydroxylation is 2. The van der Waals surface area contributed by atoms with E-state index in [1.807, 2.05) is 24.0 Å². The van der Waals surface area contributed by atoms with Crippen LogP contribution in [0.2, 0.25) is 5.02 Å². The van der Waals surface area contributed by atoms with Crippen LogP contribution in [0.3, 0.4) is 0 Å². The second kappa shape index (κ2) is 6.84. The maximum absolute atomic E-state index is 13.1. The molecule has 27 heavy (non-hydrogen) atoms. The number of benzene rings is 1. The highest BCUT2D eigenvalue weighted by molar-refractivity contribution is 6.34. The Hall–Kier alpha value is -2.05. The van der Waals surface area contributed by atoms with Gasteiger partial charge in [0.05, 0.1) is 17.8 Å². The number of methoxy groups -OCH3 is 1. The highest BCUT2D eigenvalue weighted by atomic mass is 35.5. The molecule has 2 fully saturated rings. The molecule has 0 N–H and O–H groups in total. The van der Waals surface area contributed by atoms with Gasteiger partial charge >= 0.3 is 0 Å². The minimum Gasteiger partial charge on any atom is -0.497 e. The van der Waals surface area contributed by atoms with Crippen LogP contribution in [0, 0.1) is 18.8 Å². The Morgan fingerprint density at radius 3 is 2.48 bits per heavy atom. The number of nitrogens with zero attached hydrogens (tertiary/aromatic N) is 4. The van der Waals surface area contributed by atoms with Crippen molar-refractivity contribution in [2.75, 3.05) is 33.8 Å². The number of rotatable bonds is 3. The molecule has 2 aromatic rings. The SMILES string of the molecule is COc1ccc([C@@H]2[C@@H]3CN(C(=O)c4c(Cl)c(C)nn4C)C[C@@H]3CN2C)cc1. The van der Waals surface area contributed by atoms with Crippen LogP contribution in [0.25, 0.3) is 0 Å². The van der Waals surface area contributed by atoms with Gasteiger partial charge in [0, 0.05) is 38.6 Å². The highest BCUT2D eigenvalue weighted by Crippen LogP contribution is 2.44. The van der Waals surface area contributed by atoms with Crippen LogP contribution < -0.4 is 4.74 Å². The van der Waals surface area contributed by atoms with Gasteiger partial charge in [0.15, 0.2) is 0 Å². The molecule has 6 nitrogen and oxygen atoms in total. The number of fused-ring (bicyclic) bond motifs is 1. The lowest BCUT2D eigenvalue weighted by atomic mass is 9.89. The number of ether oxygens (including phenoxy) is 1. The molecule has 0 unspecified atom stereocenters. The fourth-order valence-corrected chi connectivity index (χ4v) is 4.98. The fourth-order valence-electron chi connectivity index (χ4n) is 4.74. The molecule has 7 heteroatoms. The van der Waals surface area contributed by atoms with Gasteiger partial charge in [0.1, 0.15) is 11.4 Å². The molecule has 144 valence electrons. The van der Waals surface area contributed by atoms with Crippen molar-refractivity contribution in [1.82, 2.24) is 19.6 Å². The second-order valence-corrected chi connectivity index (χ2v) is 8.04. The van der Waals surface area contributed by atoms with Crippen molar-refractivity contribution in [2.45, 2.75) is 13.0 Å². The molecule has 3 heterocycles. The first-order valence-corrected chi connectivity index (χ1v) is 9.61. The predicted molar refractivity (Wildman–Crippen MR) is 104 cm³/mol. The van der Waals surface area contributed by atoms with E-state index in [1.54, 1.807) is 18.8 Å². The Kier molecular flexibility index (Phi) is 4.64. The van der Waals surface area contributed by atoms with Gasteiger partial charge in [0.25, 0.3) is 5.91 Å². The lowest BCUT2D eigenvalue weighted by Crippen LogP contribution is -2.34. The quantitative estimate of drug-likeness (QED) is 0.811. The number of halogens is 1. The zero-order chi connectivity index (χ0) is 19.3. The van der Waals surface area contributed by atoms with Crippen LogP contribution in [0.5, 0.6) is 5.75 Å². The van der Waals surface area contributed by atoms with Crippen LogP contribution in [0.4, 0.5) is 0 Å². The molecule has 0 saturated carbocycles. The fraction of sp³-hybridized carbons (Fsp3) is 0.500. The molecule has 1 aromatic carbocycles. The summed E-state index contributed by atoms with van der Waals surface area (Å²) in [7, 11) is 5.62. The van der Waals surface area contributed by atoms with Gasteiger partial charge in [-0.1, -0.05) is 23.7 Å². The summed E-state index contributed by atoms with van der Waals surface area (Å²) in [5, 5.41) is 4.74. The molecule has 1 aromatic heterocycles. The summed E-state index contributed by atoms with van der Waals surface area (Å²) in [4.78, 5) is 17.4. The summed E-state index contributed by atoms with van der Waals surface area (Å²) >= 11 is 6.33. The Morgan fingerprint density at radius 2 is 1.89 bits per heavy atom. The highest BCUT2D eigenvalue weighted by Gasteiger charge is 2.47. The number of amides is 1. The van der Waals surface area contributed by atoms with Gasteiger partial charge in [-0.15, -0.1) is 0 Å². The van der Waals surface area contributed by atoms with Gasteiger partial charge in [-0.05, 0) is 37.6 Å². The number of carbonyl (C=O) groups excluding carboxylic acids is 1. The van der Waals surface area contributed by atoms with E-state index in [0.29, 0.717) is 34.3 Å². The van der Waals surface area contributed by atoms with E-state index in [4.69, 9.17) is 16.3 Å². The minimum atomic E-state index is -0.0198. The van der Waals surface area contributed by atoms with Gasteiger partial charge in [0.2, 0.25) is 0 Å². The molecule has 0 spiro atoms. The van der Waals surface area contributed by atoms with Crippen molar-refractivity contribution in [3.63, 3.8) is 0 Å². The van der Waals surface area contributed by atoms with E-state index in [-0.39, 0.29) is 5.91 Å². The second-order valence-electron chi connectivity index (χ2n) is 7.66. The van der Waals surface area contributed by atoms with Crippen molar-refractivity contribution in [3.05, 3.63) is 46.2 Å². The van der Waals surface area contributed by atoms with E-state index in [9.17, 15) is 4.79 Å². The van der Waals surface area contributed by atoms with E-state index >= 15 is 0 Å². The van der Waals surface area contributed by atoms with E-state index in [1.165, 1.54) is 5.56 Å². The smallest absolute Gasteiger partial charge is 0.273 e. The molecule has 2 aliphatic heterocycles. The van der Waals surface area contributed by atoms with Crippen LogP contribution in [-0.2, 0) is 7.05 Å². The summed E-state index contributed by atoms with van der Waals surface area (Å²) in [6, 6.07) is 8.59. The molecule has 0 aliphatic carbocycles. The Bertz CT molecular complexity index is 864. The topological polar surface area (TPSA) is 50.6 Å². The van der Waals surface area contributed by atoms with Crippen molar-refractivity contribution < 1.29 is 9.53 Å². The summed E-state index contributed by atoms with van der Waals surface area (Å²) < 4.78 is 6.88. The first-order chi connectivity index (χ1) is 12.9. The summed E-state index contributed by atoms with van der Waals surface area (Å²) in [5.74, 6) is 1.73. The number of aromatic nitrogens is 2. The van der Waals surface area contributed by atoms with Crippen molar-refractivity contribution in [2.24, 2.45) is 18.9 Å². The lowest BCUT2D eigenvalue weighted by Gasteiger charge is -2.27. The Morgan fingerprint density at radius 1 is 1.19 bits per heavy atom. The first-order valence-electron chi connectivity index (χ1n) is 9.23. The maximum Gasteiger partial charge on any atom is 0.273 e. The largest absolute Gasteiger partial charge is 0.497 e. The molecule has 2 aliphatic rings. The monoisotopic (exact) mass is 388 g/mol. The number of hydrogen-bond donors (Lipinski definition) is 0. The molecule has 2 saturated heterocycles. The molecule has 0 bridgehead atoms. The maximum atomic E-state index is 13.1. The van der Waals surface area contributed by atoms with E-state index < -0.39 is 0 Å². The molecular weight excluding hydrogens is 364 g/mol. The third-order valence-corrected chi connectivity index (χ3v) is 6.44. The number of carbonyl (C=O) groups is 1. The van der Waals surface area contributed by atoms with Gasteiger partial charge in [-0.2, -0.15) is 5.10 Å². The standard InChI is InChI=1S/C20H25ClN4O2/c1-12-17(21)19(24(3)22-12)20(26)25-10-14-9-23(2)18(16(14)11-25)13-5-7-15(27-4)8-6-13/h5-8,14,16,18H,9-11H2,1-4H3/t14-,16+,18+/m0/s1. The lowest BCUT2D eigenvalue weighted by molar-refractivity contribution is 0.0757. The number of hydrogen-bond acceptors (Lipinski definition) is 4. The van der Waals surface area contributed by atoms with Crippen molar-refractivity contribution in [1.29, 1.82) is 0 Å². The van der Waals surface area contributed by atoms with Crippen LogP contribution >= 0.6 is 11.6 Å². The van der Waals surface area contributed by atoms with Crippen LogP contribution in [-0.4, -0.2) is 59.3 Å². The molecular formula is C20H25ClN4O2. The van der Waals surface area contributed by atoms with Crippen molar-refractivity contribution >= 4 is 17.5 Å². The summed E-state index contributed by atoms with van der Waals surface area (Å²) in [6.45, 7) is 4.32. The molecule has 3 atom stereocenters. The predicted octanol–water partition coefficient (Wildman–Crippen LogP) is 2.77. The average Bonchev–Trinajstić information content (AvgIpc) is 3.25. The zero-order valence-corrected chi connectivity index (χ0v) is 16.9. The Balaban J connectivity index is 1.56. The normalized spacial score (nSPS) is 25.1. The van der Waals surface area contributed by atoms with Gasteiger partial charge in [-0.25, -0.2) is 0 Å². The molecule has 1 amide bonds. The summed E-state index contributed by atoms with van der Waals surface area (Å²) in [5.41, 5.74) is 2.45. The van der Waals surface area contributed by atoms with Crippen LogP contribution in [0.1, 0.15) is 27.8 Å². The van der Waals surface area contributed by atoms with Gasteiger partial charge in [-0.3, -0.25) is 14.4 Å². The Labute approximate surface area is 164 Å². The molecule has 4 rings (SSSR count). The first kappa shape index (κ1) is 18.3. The number of likely N-dealkylation sites (tertiary alicyclic amines) is 2. The average molecular weight is 389 g/mol. The summed E-state index contributed by atoms with van der Waals surface area (Å²) in [6.07, 6.45) is 0. The minimum absolute atomic E-state index is 0.0198. The van der Waals surface area contributed by atoms with E-state index in [2.05, 4.69) is 29.2 Å². The molecule has 0 radical (unpaired) electrons. The van der Waals surface area contributed by atoms with Gasteiger partial charge < -0.3 is 9.64 Å². The van der Waals surface area contributed by atoms with E-state index in [0.717, 1.165) is 25.4 Å². The zero-order valence-electron chi connectivity index (χ0n) is 16.1.